The normalized spacial score (nSPS) is 11.8. The lowest BCUT2D eigenvalue weighted by Crippen LogP contribution is -2.13. The summed E-state index contributed by atoms with van der Waals surface area (Å²) in [6, 6.07) is 12.0. The summed E-state index contributed by atoms with van der Waals surface area (Å²) in [5.74, 6) is 0.430. The van der Waals surface area contributed by atoms with Gasteiger partial charge in [0.25, 0.3) is 5.91 Å². The average molecular weight is 437 g/mol. The number of benzene rings is 1. The predicted octanol–water partition coefficient (Wildman–Crippen LogP) is 5.10. The topological polar surface area (TPSA) is 92.7 Å². The first-order chi connectivity index (χ1) is 14.5. The summed E-state index contributed by atoms with van der Waals surface area (Å²) >= 11 is 2.94. The smallest absolute Gasteiger partial charge is 0.259 e. The summed E-state index contributed by atoms with van der Waals surface area (Å²) in [6.45, 7) is 6.18. The molecule has 0 spiro atoms. The third-order valence-corrected chi connectivity index (χ3v) is 6.49. The molecule has 3 heterocycles. The third-order valence-electron chi connectivity index (χ3n) is 4.49. The summed E-state index contributed by atoms with van der Waals surface area (Å²) in [5, 5.41) is 15.1. The molecule has 9 heteroatoms. The summed E-state index contributed by atoms with van der Waals surface area (Å²) in [4.78, 5) is 22.5. The second-order valence-corrected chi connectivity index (χ2v) is 8.69. The van der Waals surface area contributed by atoms with E-state index in [2.05, 4.69) is 63.9 Å². The molecule has 0 aliphatic heterocycles. The van der Waals surface area contributed by atoms with Crippen LogP contribution in [0.5, 0.6) is 0 Å². The van der Waals surface area contributed by atoms with E-state index in [1.165, 1.54) is 16.9 Å². The standard InChI is InChI=1S/C21H20N6OS2/c1-12-4-6-15(7-5-12)20-25-14(3)18(30-20)13(2)24-17-9-8-16(10-22-17)19(28)26-21-27-23-11-29-21/h4-11,13H,1-3H3,(H,22,24)(H,26,27,28). The Morgan fingerprint density at radius 1 is 1.10 bits per heavy atom. The number of nitrogens with one attached hydrogen (secondary N) is 2. The number of rotatable bonds is 6. The zero-order valence-electron chi connectivity index (χ0n) is 16.7. The number of amides is 1. The molecule has 1 atom stereocenters. The van der Waals surface area contributed by atoms with E-state index in [1.807, 2.05) is 6.92 Å². The number of carbonyl (C=O) groups excluding carboxylic acids is 1. The van der Waals surface area contributed by atoms with Gasteiger partial charge in [-0.3, -0.25) is 10.1 Å². The van der Waals surface area contributed by atoms with E-state index in [9.17, 15) is 4.79 Å². The molecule has 2 N–H and O–H groups in total. The average Bonchev–Trinajstić information content (AvgIpc) is 3.38. The second kappa shape index (κ2) is 8.68. The van der Waals surface area contributed by atoms with Gasteiger partial charge >= 0.3 is 0 Å². The molecule has 4 rings (SSSR count). The van der Waals surface area contributed by atoms with E-state index < -0.39 is 0 Å². The zero-order valence-corrected chi connectivity index (χ0v) is 18.3. The van der Waals surface area contributed by atoms with Gasteiger partial charge in [0.2, 0.25) is 5.13 Å². The lowest BCUT2D eigenvalue weighted by Gasteiger charge is -2.13. The first-order valence-corrected chi connectivity index (χ1v) is 11.0. The van der Waals surface area contributed by atoms with Gasteiger partial charge in [0.1, 0.15) is 16.3 Å². The highest BCUT2D eigenvalue weighted by atomic mass is 32.1. The van der Waals surface area contributed by atoms with Crippen molar-refractivity contribution in [2.24, 2.45) is 0 Å². The Morgan fingerprint density at radius 2 is 1.90 bits per heavy atom. The zero-order chi connectivity index (χ0) is 21.1. The summed E-state index contributed by atoms with van der Waals surface area (Å²) in [6.07, 6.45) is 1.54. The van der Waals surface area contributed by atoms with Gasteiger partial charge in [-0.1, -0.05) is 41.2 Å². The molecule has 152 valence electrons. The van der Waals surface area contributed by atoms with Crippen molar-refractivity contribution >= 4 is 39.5 Å². The molecule has 4 aromatic rings. The van der Waals surface area contributed by atoms with E-state index in [0.717, 1.165) is 21.1 Å². The maximum absolute atomic E-state index is 12.2. The fraction of sp³-hybridized carbons (Fsp3) is 0.190. The van der Waals surface area contributed by atoms with Crippen molar-refractivity contribution < 1.29 is 4.79 Å². The lowest BCUT2D eigenvalue weighted by atomic mass is 10.2. The van der Waals surface area contributed by atoms with Gasteiger partial charge in [-0.15, -0.1) is 21.5 Å². The fourth-order valence-corrected chi connectivity index (χ4v) is 4.44. The van der Waals surface area contributed by atoms with Crippen LogP contribution >= 0.6 is 22.7 Å². The first-order valence-electron chi connectivity index (χ1n) is 9.34. The van der Waals surface area contributed by atoms with E-state index >= 15 is 0 Å². The molecule has 30 heavy (non-hydrogen) atoms. The van der Waals surface area contributed by atoms with E-state index in [-0.39, 0.29) is 11.9 Å². The van der Waals surface area contributed by atoms with Crippen LogP contribution in [-0.4, -0.2) is 26.1 Å². The molecular weight excluding hydrogens is 416 g/mol. The van der Waals surface area contributed by atoms with Crippen molar-refractivity contribution in [2.45, 2.75) is 26.8 Å². The lowest BCUT2D eigenvalue weighted by molar-refractivity contribution is 0.102. The van der Waals surface area contributed by atoms with Crippen LogP contribution in [0, 0.1) is 13.8 Å². The number of aryl methyl sites for hydroxylation is 2. The van der Waals surface area contributed by atoms with Gasteiger partial charge in [-0.25, -0.2) is 9.97 Å². The molecule has 3 aromatic heterocycles. The van der Waals surface area contributed by atoms with Crippen molar-refractivity contribution in [3.8, 4) is 10.6 Å². The highest BCUT2D eigenvalue weighted by Gasteiger charge is 2.16. The van der Waals surface area contributed by atoms with Crippen LogP contribution < -0.4 is 10.6 Å². The number of hydrogen-bond acceptors (Lipinski definition) is 8. The Kier molecular flexibility index (Phi) is 5.82. The molecular formula is C21H20N6OS2. The van der Waals surface area contributed by atoms with Crippen molar-refractivity contribution in [2.75, 3.05) is 10.6 Å². The second-order valence-electron chi connectivity index (χ2n) is 6.83. The van der Waals surface area contributed by atoms with Gasteiger partial charge in [0, 0.05) is 16.6 Å². The molecule has 0 aliphatic rings. The molecule has 1 aromatic carbocycles. The van der Waals surface area contributed by atoms with Crippen molar-refractivity contribution in [1.82, 2.24) is 20.2 Å². The minimum atomic E-state index is -0.264. The van der Waals surface area contributed by atoms with Gasteiger partial charge in [-0.05, 0) is 32.9 Å². The predicted molar refractivity (Wildman–Crippen MR) is 121 cm³/mol. The summed E-state index contributed by atoms with van der Waals surface area (Å²) < 4.78 is 0. The van der Waals surface area contributed by atoms with E-state index in [1.54, 1.807) is 35.2 Å². The SMILES string of the molecule is Cc1ccc(-c2nc(C)c(C(C)Nc3ccc(C(=O)Nc4nncs4)cn3)s2)cc1. The number of carbonyl (C=O) groups is 1. The van der Waals surface area contributed by atoms with Crippen molar-refractivity contribution in [1.29, 1.82) is 0 Å². The molecule has 0 aliphatic carbocycles. The molecule has 1 amide bonds. The monoisotopic (exact) mass is 436 g/mol. The minimum Gasteiger partial charge on any atom is -0.363 e. The van der Waals surface area contributed by atoms with Gasteiger partial charge in [0.05, 0.1) is 17.3 Å². The van der Waals surface area contributed by atoms with Gasteiger partial charge < -0.3 is 5.32 Å². The van der Waals surface area contributed by atoms with Crippen LogP contribution in [0.2, 0.25) is 0 Å². The maximum atomic E-state index is 12.2. The van der Waals surface area contributed by atoms with Crippen LogP contribution in [0.3, 0.4) is 0 Å². The molecule has 7 nitrogen and oxygen atoms in total. The Bertz CT molecular complexity index is 1140. The van der Waals surface area contributed by atoms with Crippen LogP contribution in [-0.2, 0) is 0 Å². The third kappa shape index (κ3) is 4.52. The van der Waals surface area contributed by atoms with Crippen molar-refractivity contribution in [3.05, 3.63) is 69.8 Å². The van der Waals surface area contributed by atoms with Crippen LogP contribution in [0.1, 0.15) is 39.5 Å². The Balaban J connectivity index is 1.44. The van der Waals surface area contributed by atoms with Crippen molar-refractivity contribution in [3.63, 3.8) is 0 Å². The maximum Gasteiger partial charge on any atom is 0.259 e. The molecule has 0 radical (unpaired) electrons. The van der Waals surface area contributed by atoms with Crippen LogP contribution in [0.15, 0.2) is 48.1 Å². The van der Waals surface area contributed by atoms with Crippen LogP contribution in [0.25, 0.3) is 10.6 Å². The van der Waals surface area contributed by atoms with E-state index in [4.69, 9.17) is 4.98 Å². The van der Waals surface area contributed by atoms with Gasteiger partial charge in [-0.2, -0.15) is 0 Å². The molecule has 0 bridgehead atoms. The number of hydrogen-bond donors (Lipinski definition) is 2. The largest absolute Gasteiger partial charge is 0.363 e. The highest BCUT2D eigenvalue weighted by Crippen LogP contribution is 2.33. The first kappa shape index (κ1) is 20.1. The number of aromatic nitrogens is 4. The highest BCUT2D eigenvalue weighted by molar-refractivity contribution is 7.15. The number of nitrogens with zero attached hydrogens (tertiary/aromatic N) is 4. The number of anilines is 2. The quantitative estimate of drug-likeness (QED) is 0.437. The number of pyridine rings is 1. The Hall–Kier alpha value is -3.17. The van der Waals surface area contributed by atoms with Crippen LogP contribution in [0.4, 0.5) is 10.9 Å². The van der Waals surface area contributed by atoms with Gasteiger partial charge in [0.15, 0.2) is 0 Å². The number of thiazole rings is 1. The summed E-state index contributed by atoms with van der Waals surface area (Å²) in [5.41, 5.74) is 5.38. The Labute approximate surface area is 182 Å². The molecule has 0 saturated heterocycles. The minimum absolute atomic E-state index is 0.0373. The Morgan fingerprint density at radius 3 is 2.57 bits per heavy atom. The van der Waals surface area contributed by atoms with E-state index in [0.29, 0.717) is 16.5 Å². The molecule has 0 saturated carbocycles. The molecule has 1 unspecified atom stereocenters. The fourth-order valence-electron chi connectivity index (χ4n) is 2.93. The molecule has 0 fully saturated rings. The summed E-state index contributed by atoms with van der Waals surface area (Å²) in [7, 11) is 0.